The number of nitrogens with one attached hydrogen (secondary N) is 4. The highest BCUT2D eigenvalue weighted by atomic mass is 16.2. The van der Waals surface area contributed by atoms with Gasteiger partial charge < -0.3 is 20.6 Å². The van der Waals surface area contributed by atoms with Crippen LogP contribution in [0, 0.1) is 17.3 Å². The average Bonchev–Trinajstić information content (AvgIpc) is 2.87. The molecule has 1 aromatic carbocycles. The number of aromatic amines is 2. The lowest BCUT2D eigenvalue weighted by molar-refractivity contribution is -0.125. The van der Waals surface area contributed by atoms with Crippen molar-refractivity contribution >= 4 is 28.5 Å². The maximum Gasteiger partial charge on any atom is 0.323 e. The molecule has 0 spiro atoms. The highest BCUT2D eigenvalue weighted by Crippen LogP contribution is 2.59. The first-order valence-electron chi connectivity index (χ1n) is 8.63. The van der Waals surface area contributed by atoms with Gasteiger partial charge in [0.1, 0.15) is 0 Å². The first-order valence-corrected chi connectivity index (χ1v) is 8.63. The second-order valence-corrected chi connectivity index (χ2v) is 7.67. The van der Waals surface area contributed by atoms with Crippen molar-refractivity contribution in [3.63, 3.8) is 0 Å². The minimum absolute atomic E-state index is 0.0803. The molecule has 0 unspecified atom stereocenters. The number of rotatable bonds is 5. The summed E-state index contributed by atoms with van der Waals surface area (Å²) in [6.45, 7) is 8.08. The first-order chi connectivity index (χ1) is 12.2. The summed E-state index contributed by atoms with van der Waals surface area (Å²) in [4.78, 5) is 41.0. The van der Waals surface area contributed by atoms with Gasteiger partial charge in [-0.2, -0.15) is 0 Å². The number of allylic oxidation sites excluding steroid dienone is 2. The molecule has 1 heterocycles. The summed E-state index contributed by atoms with van der Waals surface area (Å²) in [5, 5.41) is 5.44. The van der Waals surface area contributed by atoms with Crippen LogP contribution < -0.4 is 16.3 Å². The van der Waals surface area contributed by atoms with Crippen molar-refractivity contribution in [2.45, 2.75) is 27.7 Å². The summed E-state index contributed by atoms with van der Waals surface area (Å²) in [7, 11) is 0. The Labute approximate surface area is 151 Å². The lowest BCUT2D eigenvalue weighted by Crippen LogP contribution is -2.34. The Morgan fingerprint density at radius 3 is 2.58 bits per heavy atom. The number of aromatic nitrogens is 2. The van der Waals surface area contributed by atoms with Crippen LogP contribution in [0.2, 0.25) is 0 Å². The van der Waals surface area contributed by atoms with E-state index in [1.807, 2.05) is 13.8 Å². The van der Waals surface area contributed by atoms with E-state index in [1.165, 1.54) is 5.57 Å². The summed E-state index contributed by atoms with van der Waals surface area (Å²) in [5.74, 6) is -0.305. The normalized spacial score (nSPS) is 20.5. The predicted molar refractivity (Wildman–Crippen MR) is 101 cm³/mol. The van der Waals surface area contributed by atoms with Crippen molar-refractivity contribution < 1.29 is 9.59 Å². The van der Waals surface area contributed by atoms with Gasteiger partial charge in [-0.3, -0.25) is 9.59 Å². The number of hydrogen-bond donors (Lipinski definition) is 4. The van der Waals surface area contributed by atoms with Crippen LogP contribution in [-0.4, -0.2) is 28.3 Å². The van der Waals surface area contributed by atoms with Crippen LogP contribution in [0.4, 0.5) is 5.69 Å². The molecule has 7 heteroatoms. The molecule has 0 bridgehead atoms. The van der Waals surface area contributed by atoms with E-state index in [-0.39, 0.29) is 41.3 Å². The van der Waals surface area contributed by atoms with Gasteiger partial charge in [0.15, 0.2) is 0 Å². The quantitative estimate of drug-likeness (QED) is 0.617. The Balaban J connectivity index is 1.56. The minimum Gasteiger partial charge on any atom is -0.347 e. The predicted octanol–water partition coefficient (Wildman–Crippen LogP) is 2.15. The average molecular weight is 356 g/mol. The fourth-order valence-corrected chi connectivity index (χ4v) is 3.44. The van der Waals surface area contributed by atoms with Gasteiger partial charge in [0, 0.05) is 5.69 Å². The van der Waals surface area contributed by atoms with Crippen LogP contribution in [0.15, 0.2) is 34.6 Å². The topological polar surface area (TPSA) is 107 Å². The molecule has 2 aromatic rings. The fraction of sp³-hybridized carbons (Fsp3) is 0.421. The van der Waals surface area contributed by atoms with Crippen molar-refractivity contribution in [1.82, 2.24) is 15.3 Å². The third kappa shape index (κ3) is 3.56. The van der Waals surface area contributed by atoms with Crippen LogP contribution in [0.1, 0.15) is 27.7 Å². The minimum atomic E-state index is -0.312. The smallest absolute Gasteiger partial charge is 0.323 e. The second kappa shape index (κ2) is 6.48. The molecule has 1 aliphatic carbocycles. The van der Waals surface area contributed by atoms with Crippen LogP contribution in [-0.2, 0) is 9.59 Å². The number of carbonyl (C=O) groups excluding carboxylic acids is 2. The van der Waals surface area contributed by atoms with E-state index < -0.39 is 0 Å². The molecule has 4 N–H and O–H groups in total. The maximum atomic E-state index is 12.4. The molecule has 0 aliphatic heterocycles. The highest BCUT2D eigenvalue weighted by molar-refractivity contribution is 5.96. The Hall–Kier alpha value is -2.83. The van der Waals surface area contributed by atoms with E-state index in [0.717, 1.165) is 0 Å². The van der Waals surface area contributed by atoms with Gasteiger partial charge >= 0.3 is 5.69 Å². The number of H-pyrrole nitrogens is 2. The number of hydrogen-bond acceptors (Lipinski definition) is 3. The molecule has 1 saturated carbocycles. The van der Waals surface area contributed by atoms with Crippen molar-refractivity contribution in [2.75, 3.05) is 11.9 Å². The summed E-state index contributed by atoms with van der Waals surface area (Å²) in [5.41, 5.74) is 2.65. The van der Waals surface area contributed by atoms with E-state index in [2.05, 4.69) is 40.5 Å². The first kappa shape index (κ1) is 18.0. The van der Waals surface area contributed by atoms with Gasteiger partial charge in [-0.25, -0.2) is 4.79 Å². The van der Waals surface area contributed by atoms with Crippen molar-refractivity contribution in [1.29, 1.82) is 0 Å². The van der Waals surface area contributed by atoms with Crippen molar-refractivity contribution in [3.8, 4) is 0 Å². The number of benzene rings is 1. The van der Waals surface area contributed by atoms with E-state index in [0.29, 0.717) is 16.7 Å². The van der Waals surface area contributed by atoms with Crippen molar-refractivity contribution in [2.24, 2.45) is 17.3 Å². The Morgan fingerprint density at radius 1 is 1.19 bits per heavy atom. The number of fused-ring (bicyclic) bond motifs is 1. The van der Waals surface area contributed by atoms with Crippen LogP contribution in [0.25, 0.3) is 11.0 Å². The van der Waals surface area contributed by atoms with Crippen LogP contribution >= 0.6 is 0 Å². The molecule has 1 aromatic heterocycles. The van der Waals surface area contributed by atoms with E-state index >= 15 is 0 Å². The summed E-state index contributed by atoms with van der Waals surface area (Å²) >= 11 is 0. The monoisotopic (exact) mass is 356 g/mol. The van der Waals surface area contributed by atoms with Crippen molar-refractivity contribution in [3.05, 3.63) is 40.3 Å². The van der Waals surface area contributed by atoms with Gasteiger partial charge in [-0.15, -0.1) is 0 Å². The van der Waals surface area contributed by atoms with Gasteiger partial charge in [0.05, 0.1) is 23.5 Å². The number of anilines is 1. The Bertz CT molecular complexity index is 947. The fourth-order valence-electron chi connectivity index (χ4n) is 3.44. The molecule has 2 atom stereocenters. The molecule has 2 amide bonds. The molecule has 138 valence electrons. The van der Waals surface area contributed by atoms with Crippen LogP contribution in [0.3, 0.4) is 0 Å². The van der Waals surface area contributed by atoms with E-state index in [9.17, 15) is 14.4 Å². The molecular formula is C19H24N4O3. The summed E-state index contributed by atoms with van der Waals surface area (Å²) < 4.78 is 0. The zero-order valence-electron chi connectivity index (χ0n) is 15.4. The molecule has 1 fully saturated rings. The second-order valence-electron chi connectivity index (χ2n) is 7.67. The molecule has 26 heavy (non-hydrogen) atoms. The SMILES string of the molecule is CC(C)=C[C@H]1[C@H](C(=O)NCC(=O)Nc2ccc3[nH]c(=O)[nH]c3c2)C1(C)C. The Morgan fingerprint density at radius 2 is 1.88 bits per heavy atom. The van der Waals surface area contributed by atoms with Gasteiger partial charge in [0.25, 0.3) is 0 Å². The number of carbonyl (C=O) groups is 2. The zero-order valence-corrected chi connectivity index (χ0v) is 15.4. The molecule has 3 rings (SSSR count). The molecule has 0 radical (unpaired) electrons. The third-order valence-electron chi connectivity index (χ3n) is 4.93. The standard InChI is InChI=1S/C19H24N4O3/c1-10(2)7-12-16(19(12,3)4)17(25)20-9-15(24)21-11-5-6-13-14(8-11)23-18(26)22-13/h5-8,12,16H,9H2,1-4H3,(H,20,25)(H,21,24)(H2,22,23,26)/t12-,16+/m0/s1. The maximum absolute atomic E-state index is 12.4. The highest BCUT2D eigenvalue weighted by Gasteiger charge is 2.60. The Kier molecular flexibility index (Phi) is 4.48. The van der Waals surface area contributed by atoms with Gasteiger partial charge in [0.2, 0.25) is 11.8 Å². The zero-order chi connectivity index (χ0) is 19.1. The van der Waals surface area contributed by atoms with Gasteiger partial charge in [-0.1, -0.05) is 25.5 Å². The molecular weight excluding hydrogens is 332 g/mol. The molecule has 1 aliphatic rings. The van der Waals surface area contributed by atoms with E-state index in [1.54, 1.807) is 18.2 Å². The van der Waals surface area contributed by atoms with Crippen LogP contribution in [0.5, 0.6) is 0 Å². The van der Waals surface area contributed by atoms with Gasteiger partial charge in [-0.05, 0) is 43.4 Å². The third-order valence-corrected chi connectivity index (χ3v) is 4.93. The summed E-state index contributed by atoms with van der Waals surface area (Å²) in [6, 6.07) is 5.07. The molecule has 7 nitrogen and oxygen atoms in total. The van der Waals surface area contributed by atoms with E-state index in [4.69, 9.17) is 0 Å². The number of imidazole rings is 1. The lowest BCUT2D eigenvalue weighted by Gasteiger charge is -2.08. The number of amides is 2. The summed E-state index contributed by atoms with van der Waals surface area (Å²) in [6.07, 6.45) is 2.12. The largest absolute Gasteiger partial charge is 0.347 e. The molecule has 0 saturated heterocycles. The lowest BCUT2D eigenvalue weighted by atomic mass is 10.1.